The Morgan fingerprint density at radius 2 is 2.28 bits per heavy atom. The summed E-state index contributed by atoms with van der Waals surface area (Å²) in [5.74, 6) is 0.781. The number of likely N-dealkylation sites (tertiary alicyclic amines) is 1. The Hall–Kier alpha value is -1.02. The van der Waals surface area contributed by atoms with Gasteiger partial charge < -0.3 is 5.32 Å². The molecule has 1 atom stereocenters. The summed E-state index contributed by atoms with van der Waals surface area (Å²) in [6.07, 6.45) is 3.94. The van der Waals surface area contributed by atoms with Gasteiger partial charge in [-0.1, -0.05) is 26.0 Å². The standard InChI is InChI=1S/C16H24N2/c1-12(2)16-4-3-9-18(16)11-13-5-6-15-14(10-13)7-8-17-15/h5-6,10,12,16-17H,3-4,7-9,11H2,1-2H3. The predicted octanol–water partition coefficient (Wildman–Crippen LogP) is 3.28. The van der Waals surface area contributed by atoms with E-state index in [0.717, 1.165) is 25.0 Å². The first-order valence-electron chi connectivity index (χ1n) is 7.34. The van der Waals surface area contributed by atoms with Crippen molar-refractivity contribution < 1.29 is 0 Å². The van der Waals surface area contributed by atoms with Gasteiger partial charge in [0, 0.05) is 24.8 Å². The van der Waals surface area contributed by atoms with Gasteiger partial charge in [0.2, 0.25) is 0 Å². The van der Waals surface area contributed by atoms with Crippen molar-refractivity contribution in [1.29, 1.82) is 0 Å². The molecule has 3 rings (SSSR count). The van der Waals surface area contributed by atoms with E-state index in [2.05, 4.69) is 42.3 Å². The number of nitrogens with zero attached hydrogens (tertiary/aromatic N) is 1. The Morgan fingerprint density at radius 3 is 3.11 bits per heavy atom. The average Bonchev–Trinajstić information content (AvgIpc) is 2.96. The largest absolute Gasteiger partial charge is 0.384 e. The Morgan fingerprint density at radius 1 is 1.39 bits per heavy atom. The average molecular weight is 244 g/mol. The van der Waals surface area contributed by atoms with Crippen LogP contribution in [-0.2, 0) is 13.0 Å². The fourth-order valence-corrected chi connectivity index (χ4v) is 3.49. The van der Waals surface area contributed by atoms with Gasteiger partial charge in [-0.2, -0.15) is 0 Å². The summed E-state index contributed by atoms with van der Waals surface area (Å²) in [6.45, 7) is 8.23. The van der Waals surface area contributed by atoms with Crippen LogP contribution in [0, 0.1) is 5.92 Å². The summed E-state index contributed by atoms with van der Waals surface area (Å²) in [7, 11) is 0. The summed E-state index contributed by atoms with van der Waals surface area (Å²) >= 11 is 0. The molecule has 0 saturated carbocycles. The van der Waals surface area contributed by atoms with Crippen molar-refractivity contribution >= 4 is 5.69 Å². The van der Waals surface area contributed by atoms with Crippen LogP contribution in [0.15, 0.2) is 18.2 Å². The highest BCUT2D eigenvalue weighted by Crippen LogP contribution is 2.28. The van der Waals surface area contributed by atoms with Crippen LogP contribution in [0.25, 0.3) is 0 Å². The number of benzene rings is 1. The first-order valence-corrected chi connectivity index (χ1v) is 7.34. The van der Waals surface area contributed by atoms with Crippen molar-refractivity contribution in [1.82, 2.24) is 4.90 Å². The van der Waals surface area contributed by atoms with E-state index < -0.39 is 0 Å². The van der Waals surface area contributed by atoms with E-state index >= 15 is 0 Å². The monoisotopic (exact) mass is 244 g/mol. The first kappa shape index (κ1) is 12.0. The normalized spacial score (nSPS) is 23.4. The minimum absolute atomic E-state index is 0.781. The molecule has 1 fully saturated rings. The number of rotatable bonds is 3. The Balaban J connectivity index is 1.72. The highest BCUT2D eigenvalue weighted by Gasteiger charge is 2.26. The fraction of sp³-hybridized carbons (Fsp3) is 0.625. The van der Waals surface area contributed by atoms with Crippen LogP contribution in [-0.4, -0.2) is 24.0 Å². The third kappa shape index (κ3) is 2.26. The Labute approximate surface area is 110 Å². The molecule has 1 saturated heterocycles. The van der Waals surface area contributed by atoms with Crippen molar-refractivity contribution in [3.63, 3.8) is 0 Å². The van der Waals surface area contributed by atoms with E-state index in [1.165, 1.54) is 42.6 Å². The van der Waals surface area contributed by atoms with Crippen LogP contribution in [0.1, 0.15) is 37.8 Å². The van der Waals surface area contributed by atoms with Gasteiger partial charge in [-0.25, -0.2) is 0 Å². The molecule has 2 heterocycles. The van der Waals surface area contributed by atoms with Crippen LogP contribution in [0.2, 0.25) is 0 Å². The third-order valence-electron chi connectivity index (χ3n) is 4.45. The van der Waals surface area contributed by atoms with Gasteiger partial charge in [0.1, 0.15) is 0 Å². The third-order valence-corrected chi connectivity index (χ3v) is 4.45. The van der Waals surface area contributed by atoms with Crippen LogP contribution >= 0.6 is 0 Å². The molecule has 1 aromatic rings. The maximum Gasteiger partial charge on any atom is 0.0373 e. The second kappa shape index (κ2) is 4.93. The minimum atomic E-state index is 0.781. The number of anilines is 1. The SMILES string of the molecule is CC(C)C1CCCN1Cc1ccc2c(c1)CCN2. The predicted molar refractivity (Wildman–Crippen MR) is 76.9 cm³/mol. The van der Waals surface area contributed by atoms with Gasteiger partial charge in [-0.05, 0) is 48.9 Å². The molecular weight excluding hydrogens is 220 g/mol. The van der Waals surface area contributed by atoms with E-state index in [1.807, 2.05) is 0 Å². The maximum absolute atomic E-state index is 3.43. The number of nitrogens with one attached hydrogen (secondary N) is 1. The molecule has 2 heteroatoms. The molecule has 0 aliphatic carbocycles. The lowest BCUT2D eigenvalue weighted by molar-refractivity contribution is 0.199. The molecule has 2 aliphatic heterocycles. The maximum atomic E-state index is 3.43. The van der Waals surface area contributed by atoms with Crippen molar-refractivity contribution in [3.8, 4) is 0 Å². The molecule has 1 N–H and O–H groups in total. The van der Waals surface area contributed by atoms with E-state index in [4.69, 9.17) is 0 Å². The Bertz CT molecular complexity index is 425. The Kier molecular flexibility index (Phi) is 3.29. The van der Waals surface area contributed by atoms with Crippen molar-refractivity contribution in [2.24, 2.45) is 5.92 Å². The van der Waals surface area contributed by atoms with E-state index in [9.17, 15) is 0 Å². The topological polar surface area (TPSA) is 15.3 Å². The van der Waals surface area contributed by atoms with Crippen LogP contribution in [0.5, 0.6) is 0 Å². The number of hydrogen-bond acceptors (Lipinski definition) is 2. The second-order valence-corrected chi connectivity index (χ2v) is 6.09. The van der Waals surface area contributed by atoms with E-state index in [1.54, 1.807) is 0 Å². The first-order chi connectivity index (χ1) is 8.74. The number of fused-ring (bicyclic) bond motifs is 1. The van der Waals surface area contributed by atoms with Crippen LogP contribution in [0.3, 0.4) is 0 Å². The molecule has 0 spiro atoms. The summed E-state index contributed by atoms with van der Waals surface area (Å²) in [4.78, 5) is 2.68. The fourth-order valence-electron chi connectivity index (χ4n) is 3.49. The van der Waals surface area contributed by atoms with Gasteiger partial charge in [0.25, 0.3) is 0 Å². The molecule has 0 radical (unpaired) electrons. The smallest absolute Gasteiger partial charge is 0.0373 e. The lowest BCUT2D eigenvalue weighted by Gasteiger charge is -2.27. The zero-order valence-electron chi connectivity index (χ0n) is 11.6. The molecule has 0 amide bonds. The molecule has 1 aromatic carbocycles. The van der Waals surface area contributed by atoms with Gasteiger partial charge in [0.15, 0.2) is 0 Å². The molecular formula is C16H24N2. The molecule has 18 heavy (non-hydrogen) atoms. The minimum Gasteiger partial charge on any atom is -0.384 e. The second-order valence-electron chi connectivity index (χ2n) is 6.09. The molecule has 0 bridgehead atoms. The molecule has 98 valence electrons. The number of hydrogen-bond donors (Lipinski definition) is 1. The highest BCUT2D eigenvalue weighted by atomic mass is 15.2. The summed E-state index contributed by atoms with van der Waals surface area (Å²) in [5, 5.41) is 3.43. The van der Waals surface area contributed by atoms with Gasteiger partial charge in [-0.15, -0.1) is 0 Å². The quantitative estimate of drug-likeness (QED) is 0.878. The molecule has 2 nitrogen and oxygen atoms in total. The summed E-state index contributed by atoms with van der Waals surface area (Å²) in [5.41, 5.74) is 4.35. The summed E-state index contributed by atoms with van der Waals surface area (Å²) in [6, 6.07) is 7.76. The van der Waals surface area contributed by atoms with Crippen LogP contribution in [0.4, 0.5) is 5.69 Å². The zero-order chi connectivity index (χ0) is 12.5. The van der Waals surface area contributed by atoms with E-state index in [0.29, 0.717) is 0 Å². The van der Waals surface area contributed by atoms with E-state index in [-0.39, 0.29) is 0 Å². The molecule has 2 aliphatic rings. The lowest BCUT2D eigenvalue weighted by atomic mass is 10.0. The summed E-state index contributed by atoms with van der Waals surface area (Å²) < 4.78 is 0. The lowest BCUT2D eigenvalue weighted by Crippen LogP contribution is -2.32. The van der Waals surface area contributed by atoms with Crippen molar-refractivity contribution in [3.05, 3.63) is 29.3 Å². The highest BCUT2D eigenvalue weighted by molar-refractivity contribution is 5.56. The van der Waals surface area contributed by atoms with Gasteiger partial charge >= 0.3 is 0 Å². The molecule has 0 aromatic heterocycles. The van der Waals surface area contributed by atoms with Crippen LogP contribution < -0.4 is 5.32 Å². The van der Waals surface area contributed by atoms with Crippen molar-refractivity contribution in [2.75, 3.05) is 18.4 Å². The zero-order valence-corrected chi connectivity index (χ0v) is 11.6. The van der Waals surface area contributed by atoms with Gasteiger partial charge in [-0.3, -0.25) is 4.90 Å². The van der Waals surface area contributed by atoms with Crippen molar-refractivity contribution in [2.45, 2.75) is 45.7 Å². The van der Waals surface area contributed by atoms with Gasteiger partial charge in [0.05, 0.1) is 0 Å². The molecule has 1 unspecified atom stereocenters.